The van der Waals surface area contributed by atoms with E-state index in [9.17, 15) is 19.7 Å². The number of aromatic nitrogens is 3. The number of carbonyl (C=O) groups excluding carboxylic acids is 1. The van der Waals surface area contributed by atoms with Gasteiger partial charge in [-0.2, -0.15) is 5.10 Å². The van der Waals surface area contributed by atoms with Gasteiger partial charge < -0.3 is 10.1 Å². The van der Waals surface area contributed by atoms with Gasteiger partial charge >= 0.3 is 0 Å². The summed E-state index contributed by atoms with van der Waals surface area (Å²) in [7, 11) is 1.38. The predicted molar refractivity (Wildman–Crippen MR) is 100 cm³/mol. The number of nitro benzene ring substituents is 1. The van der Waals surface area contributed by atoms with Crippen molar-refractivity contribution in [1.29, 1.82) is 0 Å². The highest BCUT2D eigenvalue weighted by molar-refractivity contribution is 5.92. The van der Waals surface area contributed by atoms with Crippen LogP contribution in [0.1, 0.15) is 0 Å². The van der Waals surface area contributed by atoms with Gasteiger partial charge in [-0.05, 0) is 24.3 Å². The molecule has 1 aromatic carbocycles. The van der Waals surface area contributed by atoms with Crippen LogP contribution in [0.3, 0.4) is 0 Å². The smallest absolute Gasteiger partial charge is 0.271 e. The largest absolute Gasteiger partial charge is 0.495 e. The molecule has 10 nitrogen and oxygen atoms in total. The lowest BCUT2D eigenvalue weighted by Crippen LogP contribution is -2.29. The quantitative estimate of drug-likeness (QED) is 0.509. The Bertz CT molecular complexity index is 1080. The lowest BCUT2D eigenvalue weighted by molar-refractivity contribution is -0.384. The van der Waals surface area contributed by atoms with Crippen LogP contribution in [0.2, 0.25) is 0 Å². The minimum absolute atomic E-state index is 0.125. The Balaban J connectivity index is 1.83. The molecule has 10 heteroatoms. The zero-order valence-corrected chi connectivity index (χ0v) is 14.7. The minimum Gasteiger partial charge on any atom is -0.495 e. The molecule has 0 aliphatic heterocycles. The zero-order chi connectivity index (χ0) is 20.1. The van der Waals surface area contributed by atoms with Crippen LogP contribution < -0.4 is 15.6 Å². The lowest BCUT2D eigenvalue weighted by Gasteiger charge is -2.11. The summed E-state index contributed by atoms with van der Waals surface area (Å²) in [5.41, 5.74) is 0.706. The number of nitro groups is 1. The van der Waals surface area contributed by atoms with Crippen LogP contribution in [-0.4, -0.2) is 32.7 Å². The van der Waals surface area contributed by atoms with E-state index >= 15 is 0 Å². The molecule has 0 radical (unpaired) electrons. The highest BCUT2D eigenvalue weighted by Crippen LogP contribution is 2.28. The van der Waals surface area contributed by atoms with E-state index < -0.39 is 16.4 Å². The molecule has 1 N–H and O–H groups in total. The number of nitrogens with zero attached hydrogens (tertiary/aromatic N) is 4. The maximum Gasteiger partial charge on any atom is 0.271 e. The first-order valence-electron chi connectivity index (χ1n) is 8.09. The lowest BCUT2D eigenvalue weighted by atomic mass is 10.2. The molecule has 0 bridgehead atoms. The molecule has 0 aliphatic rings. The normalized spacial score (nSPS) is 10.3. The number of nitrogens with one attached hydrogen (secondary N) is 1. The highest BCUT2D eigenvalue weighted by Gasteiger charge is 2.15. The fraction of sp³-hybridized carbons (Fsp3) is 0.111. The first-order valence-corrected chi connectivity index (χ1v) is 8.09. The molecule has 0 unspecified atom stereocenters. The van der Waals surface area contributed by atoms with E-state index in [1.165, 1.54) is 31.4 Å². The molecular weight excluding hydrogens is 366 g/mol. The van der Waals surface area contributed by atoms with Gasteiger partial charge in [0.1, 0.15) is 12.3 Å². The number of benzene rings is 1. The second-order valence-corrected chi connectivity index (χ2v) is 5.64. The van der Waals surface area contributed by atoms with E-state index in [1.807, 2.05) is 0 Å². The summed E-state index contributed by atoms with van der Waals surface area (Å²) in [6.45, 7) is -0.371. The first kappa shape index (κ1) is 18.7. The zero-order valence-electron chi connectivity index (χ0n) is 14.7. The molecule has 0 aliphatic carbocycles. The highest BCUT2D eigenvalue weighted by atomic mass is 16.6. The minimum atomic E-state index is -0.584. The van der Waals surface area contributed by atoms with Crippen LogP contribution in [0.25, 0.3) is 11.3 Å². The van der Waals surface area contributed by atoms with Crippen molar-refractivity contribution in [2.75, 3.05) is 12.4 Å². The molecule has 0 spiro atoms. The Labute approximate surface area is 158 Å². The van der Waals surface area contributed by atoms with Crippen molar-refractivity contribution in [3.63, 3.8) is 0 Å². The van der Waals surface area contributed by atoms with Gasteiger partial charge in [-0.1, -0.05) is 0 Å². The van der Waals surface area contributed by atoms with Gasteiger partial charge in [-0.3, -0.25) is 24.7 Å². The molecule has 3 aromatic rings. The number of anilines is 1. The summed E-state index contributed by atoms with van der Waals surface area (Å²) in [5, 5.41) is 17.6. The summed E-state index contributed by atoms with van der Waals surface area (Å²) in [6, 6.07) is 10.1. The van der Waals surface area contributed by atoms with Crippen molar-refractivity contribution in [3.05, 3.63) is 75.3 Å². The Hall–Kier alpha value is -4.08. The fourth-order valence-electron chi connectivity index (χ4n) is 2.47. The number of amides is 1. The second-order valence-electron chi connectivity index (χ2n) is 5.64. The maximum atomic E-state index is 12.4. The van der Waals surface area contributed by atoms with Crippen molar-refractivity contribution in [2.24, 2.45) is 0 Å². The molecule has 2 aromatic heterocycles. The van der Waals surface area contributed by atoms with Gasteiger partial charge in [0.25, 0.3) is 11.2 Å². The van der Waals surface area contributed by atoms with Crippen LogP contribution in [0, 0.1) is 10.1 Å². The van der Waals surface area contributed by atoms with Crippen LogP contribution in [0.5, 0.6) is 5.75 Å². The number of ether oxygens (including phenoxy) is 1. The number of hydrogen-bond acceptors (Lipinski definition) is 7. The second kappa shape index (κ2) is 8.08. The molecule has 142 valence electrons. The SMILES string of the molecule is COc1ccc([N+](=O)[O-])cc1NC(=O)Cn1nc(-c2ccncc2)ccc1=O. The summed E-state index contributed by atoms with van der Waals surface area (Å²) in [6.07, 6.45) is 3.18. The predicted octanol–water partition coefficient (Wildman–Crippen LogP) is 1.86. The van der Waals surface area contributed by atoms with Crippen LogP contribution in [0.15, 0.2) is 59.7 Å². The molecule has 0 fully saturated rings. The number of non-ortho nitro benzene ring substituents is 1. The average molecular weight is 381 g/mol. The number of pyridine rings is 1. The molecule has 2 heterocycles. The van der Waals surface area contributed by atoms with Crippen molar-refractivity contribution >= 4 is 17.3 Å². The number of methoxy groups -OCH3 is 1. The third kappa shape index (κ3) is 4.18. The maximum absolute atomic E-state index is 12.4. The van der Waals surface area contributed by atoms with Crippen molar-refractivity contribution in [2.45, 2.75) is 6.54 Å². The van der Waals surface area contributed by atoms with E-state index in [0.717, 1.165) is 10.2 Å². The van der Waals surface area contributed by atoms with E-state index in [0.29, 0.717) is 5.69 Å². The van der Waals surface area contributed by atoms with Gasteiger partial charge in [-0.15, -0.1) is 0 Å². The van der Waals surface area contributed by atoms with E-state index in [4.69, 9.17) is 4.74 Å². The first-order chi connectivity index (χ1) is 13.5. The number of carbonyl (C=O) groups is 1. The van der Waals surface area contributed by atoms with Crippen molar-refractivity contribution in [1.82, 2.24) is 14.8 Å². The Morgan fingerprint density at radius 2 is 1.96 bits per heavy atom. The third-order valence-electron chi connectivity index (χ3n) is 3.80. The van der Waals surface area contributed by atoms with Gasteiger partial charge in [0.2, 0.25) is 5.91 Å². The van der Waals surface area contributed by atoms with E-state index in [2.05, 4.69) is 15.4 Å². The van der Waals surface area contributed by atoms with Crippen molar-refractivity contribution < 1.29 is 14.5 Å². The number of hydrogen-bond donors (Lipinski definition) is 1. The third-order valence-corrected chi connectivity index (χ3v) is 3.80. The van der Waals surface area contributed by atoms with Crippen LogP contribution in [-0.2, 0) is 11.3 Å². The van der Waals surface area contributed by atoms with Gasteiger partial charge in [0.05, 0.1) is 23.4 Å². The molecule has 0 saturated heterocycles. The van der Waals surface area contributed by atoms with Gasteiger partial charge in [0, 0.05) is 36.2 Å². The average Bonchev–Trinajstić information content (AvgIpc) is 2.70. The standard InChI is InChI=1S/C18H15N5O5/c1-28-16-4-2-13(23(26)27)10-15(16)20-17(24)11-22-18(25)5-3-14(21-22)12-6-8-19-9-7-12/h2-10H,11H2,1H3,(H,20,24). The van der Waals surface area contributed by atoms with Crippen LogP contribution >= 0.6 is 0 Å². The summed E-state index contributed by atoms with van der Waals surface area (Å²) < 4.78 is 6.11. The Morgan fingerprint density at radius 3 is 2.64 bits per heavy atom. The van der Waals surface area contributed by atoms with Crippen molar-refractivity contribution in [3.8, 4) is 17.0 Å². The fourth-order valence-corrected chi connectivity index (χ4v) is 2.47. The van der Waals surface area contributed by atoms with E-state index in [-0.39, 0.29) is 23.7 Å². The Morgan fingerprint density at radius 1 is 1.21 bits per heavy atom. The monoisotopic (exact) mass is 381 g/mol. The van der Waals surface area contributed by atoms with Gasteiger partial charge in [-0.25, -0.2) is 4.68 Å². The Kier molecular flexibility index (Phi) is 5.40. The summed E-state index contributed by atoms with van der Waals surface area (Å²) in [4.78, 5) is 38.7. The summed E-state index contributed by atoms with van der Waals surface area (Å²) in [5.74, 6) is -0.329. The molecule has 0 atom stereocenters. The van der Waals surface area contributed by atoms with Crippen LogP contribution in [0.4, 0.5) is 11.4 Å². The molecular formula is C18H15N5O5. The topological polar surface area (TPSA) is 129 Å². The molecule has 28 heavy (non-hydrogen) atoms. The molecule has 0 saturated carbocycles. The molecule has 3 rings (SSSR count). The number of rotatable bonds is 6. The summed E-state index contributed by atoms with van der Waals surface area (Å²) >= 11 is 0. The van der Waals surface area contributed by atoms with E-state index in [1.54, 1.807) is 30.6 Å². The molecule has 1 amide bonds. The van der Waals surface area contributed by atoms with Gasteiger partial charge in [0.15, 0.2) is 0 Å².